The van der Waals surface area contributed by atoms with Crippen LogP contribution in [0.25, 0.3) is 0 Å². The summed E-state index contributed by atoms with van der Waals surface area (Å²) in [5, 5.41) is 37.7. The minimum absolute atomic E-state index is 0.115. The van der Waals surface area contributed by atoms with Gasteiger partial charge in [0.15, 0.2) is 5.41 Å². The lowest BCUT2D eigenvalue weighted by Crippen LogP contribution is -2.52. The lowest BCUT2D eigenvalue weighted by molar-refractivity contribution is 0.235. The highest BCUT2D eigenvalue weighted by Gasteiger charge is 2.57. The number of nitriles is 3. The number of nitrogens with one attached hydrogen (secondary N) is 1. The van der Waals surface area contributed by atoms with Gasteiger partial charge in [-0.15, -0.1) is 0 Å². The van der Waals surface area contributed by atoms with E-state index in [9.17, 15) is 15.8 Å². The number of nitrogens with zero attached hydrogens (tertiary/aromatic N) is 5. The van der Waals surface area contributed by atoms with Gasteiger partial charge in [-0.05, 0) is 24.3 Å². The van der Waals surface area contributed by atoms with E-state index in [-0.39, 0.29) is 11.6 Å². The maximum Gasteiger partial charge on any atom is 0.189 e. The Hall–Kier alpha value is -3.01. The zero-order valence-electron chi connectivity index (χ0n) is 13.3. The highest BCUT2D eigenvalue weighted by molar-refractivity contribution is 6.00. The second-order valence-corrected chi connectivity index (χ2v) is 6.30. The van der Waals surface area contributed by atoms with Crippen molar-refractivity contribution in [3.8, 4) is 18.2 Å². The maximum absolute atomic E-state index is 9.84. The van der Waals surface area contributed by atoms with Crippen molar-refractivity contribution in [3.05, 3.63) is 41.7 Å². The van der Waals surface area contributed by atoms with E-state index < -0.39 is 17.3 Å². The molecule has 1 aliphatic heterocycles. The summed E-state index contributed by atoms with van der Waals surface area (Å²) in [6.07, 6.45) is 5.26. The summed E-state index contributed by atoms with van der Waals surface area (Å²) in [7, 11) is 1.97. The zero-order valence-corrected chi connectivity index (χ0v) is 13.3. The predicted octanol–water partition coefficient (Wildman–Crippen LogP) is 1.86. The molecule has 6 heteroatoms. The van der Waals surface area contributed by atoms with Crippen LogP contribution in [-0.2, 0) is 0 Å². The van der Waals surface area contributed by atoms with Crippen LogP contribution in [-0.4, -0.2) is 35.7 Å². The zero-order chi connectivity index (χ0) is 17.3. The van der Waals surface area contributed by atoms with E-state index in [1.165, 1.54) is 0 Å². The van der Waals surface area contributed by atoms with Gasteiger partial charge in [-0.3, -0.25) is 4.98 Å². The molecule has 1 unspecified atom stereocenters. The van der Waals surface area contributed by atoms with Gasteiger partial charge in [0.1, 0.15) is 5.92 Å². The molecule has 6 nitrogen and oxygen atoms in total. The third kappa shape index (κ3) is 2.11. The smallest absolute Gasteiger partial charge is 0.189 e. The molecule has 118 valence electrons. The van der Waals surface area contributed by atoms with E-state index in [0.717, 1.165) is 11.1 Å². The van der Waals surface area contributed by atoms with Crippen molar-refractivity contribution in [2.45, 2.75) is 5.92 Å². The first-order chi connectivity index (χ1) is 11.6. The van der Waals surface area contributed by atoms with Crippen LogP contribution in [0.5, 0.6) is 0 Å². The number of pyridine rings is 1. The largest absolute Gasteiger partial charge is 0.305 e. The number of fused-ring (bicyclic) bond motifs is 1. The first-order valence-electron chi connectivity index (χ1n) is 7.68. The van der Waals surface area contributed by atoms with Crippen molar-refractivity contribution < 1.29 is 0 Å². The minimum Gasteiger partial charge on any atom is -0.305 e. The SMILES string of the molecule is CN1CC=C2C(C#N)C(=N)C(C#N)(C#N)[C@H](c3cccnc3)[C@@H]2C1. The van der Waals surface area contributed by atoms with E-state index in [4.69, 9.17) is 5.41 Å². The van der Waals surface area contributed by atoms with Crippen molar-refractivity contribution in [1.29, 1.82) is 21.2 Å². The van der Waals surface area contributed by atoms with Gasteiger partial charge in [0.2, 0.25) is 0 Å². The first-order valence-corrected chi connectivity index (χ1v) is 7.68. The van der Waals surface area contributed by atoms with Crippen LogP contribution in [0.1, 0.15) is 11.5 Å². The molecule has 0 saturated heterocycles. The topological polar surface area (TPSA) is 111 Å². The Kier molecular flexibility index (Phi) is 3.89. The van der Waals surface area contributed by atoms with Gasteiger partial charge in [0.25, 0.3) is 0 Å². The molecule has 0 amide bonds. The van der Waals surface area contributed by atoms with Crippen LogP contribution < -0.4 is 0 Å². The molecular weight excluding hydrogens is 300 g/mol. The molecule has 2 heterocycles. The summed E-state index contributed by atoms with van der Waals surface area (Å²) in [5.74, 6) is -1.48. The summed E-state index contributed by atoms with van der Waals surface area (Å²) in [4.78, 5) is 6.23. The molecule has 24 heavy (non-hydrogen) atoms. The summed E-state index contributed by atoms with van der Waals surface area (Å²) in [5.41, 5.74) is -0.150. The highest BCUT2D eigenvalue weighted by atomic mass is 15.1. The standard InChI is InChI=1S/C18H16N6/c1-24-6-4-13-14(7-19)17(22)18(10-20,11-21)16(15(13)9-24)12-3-2-5-23-8-12/h2-5,8,14-16,22H,6,9H2,1H3/t14?,15-,16-/m1/s1. The molecule has 1 aromatic heterocycles. The first kappa shape index (κ1) is 15.9. The lowest BCUT2D eigenvalue weighted by Gasteiger charge is -2.47. The van der Waals surface area contributed by atoms with Crippen molar-refractivity contribution >= 4 is 5.71 Å². The lowest BCUT2D eigenvalue weighted by atomic mass is 9.54. The molecule has 1 aromatic rings. The van der Waals surface area contributed by atoms with Gasteiger partial charge >= 0.3 is 0 Å². The van der Waals surface area contributed by atoms with Crippen molar-refractivity contribution in [2.75, 3.05) is 20.1 Å². The molecule has 3 atom stereocenters. The predicted molar refractivity (Wildman–Crippen MR) is 86.5 cm³/mol. The normalized spacial score (nSPS) is 28.7. The van der Waals surface area contributed by atoms with E-state index in [0.29, 0.717) is 13.1 Å². The second-order valence-electron chi connectivity index (χ2n) is 6.30. The van der Waals surface area contributed by atoms with Crippen LogP contribution in [0.4, 0.5) is 0 Å². The van der Waals surface area contributed by atoms with Crippen molar-refractivity contribution in [2.24, 2.45) is 17.3 Å². The highest BCUT2D eigenvalue weighted by Crippen LogP contribution is 2.53. The summed E-state index contributed by atoms with van der Waals surface area (Å²) < 4.78 is 0. The van der Waals surface area contributed by atoms with Crippen molar-refractivity contribution in [3.63, 3.8) is 0 Å². The van der Waals surface area contributed by atoms with E-state index in [1.54, 1.807) is 18.5 Å². The Morgan fingerprint density at radius 2 is 2.08 bits per heavy atom. The summed E-state index contributed by atoms with van der Waals surface area (Å²) in [6, 6.07) is 9.88. The molecule has 0 radical (unpaired) electrons. The summed E-state index contributed by atoms with van der Waals surface area (Å²) in [6.45, 7) is 1.34. The fraction of sp³-hybridized carbons (Fsp3) is 0.389. The molecule has 0 spiro atoms. The van der Waals surface area contributed by atoms with Crippen LogP contribution in [0.15, 0.2) is 36.2 Å². The number of likely N-dealkylation sites (N-methyl/N-ethyl adjacent to an activating group) is 1. The second kappa shape index (κ2) is 5.89. The van der Waals surface area contributed by atoms with Crippen LogP contribution in [0, 0.1) is 56.7 Å². The average molecular weight is 316 g/mol. The van der Waals surface area contributed by atoms with Gasteiger partial charge in [-0.2, -0.15) is 15.8 Å². The van der Waals surface area contributed by atoms with Crippen LogP contribution in [0.3, 0.4) is 0 Å². The van der Waals surface area contributed by atoms with Crippen LogP contribution in [0.2, 0.25) is 0 Å². The fourth-order valence-corrected chi connectivity index (χ4v) is 3.89. The average Bonchev–Trinajstić information content (AvgIpc) is 2.62. The fourth-order valence-electron chi connectivity index (χ4n) is 3.89. The Bertz CT molecular complexity index is 806. The van der Waals surface area contributed by atoms with Crippen molar-refractivity contribution in [1.82, 2.24) is 9.88 Å². The molecule has 0 bridgehead atoms. The molecule has 3 rings (SSSR count). The van der Waals surface area contributed by atoms with Gasteiger partial charge < -0.3 is 10.3 Å². The maximum atomic E-state index is 9.84. The Morgan fingerprint density at radius 3 is 2.67 bits per heavy atom. The number of hydrogen-bond acceptors (Lipinski definition) is 6. The quantitative estimate of drug-likeness (QED) is 0.795. The van der Waals surface area contributed by atoms with Gasteiger partial charge in [-0.1, -0.05) is 12.1 Å². The number of hydrogen-bond donors (Lipinski definition) is 1. The van der Waals surface area contributed by atoms with Crippen LogP contribution >= 0.6 is 0 Å². The molecule has 1 saturated carbocycles. The monoisotopic (exact) mass is 316 g/mol. The Labute approximate surface area is 140 Å². The Morgan fingerprint density at radius 1 is 1.33 bits per heavy atom. The van der Waals surface area contributed by atoms with E-state index in [1.807, 2.05) is 19.2 Å². The number of rotatable bonds is 1. The Balaban J connectivity index is 2.26. The molecular formula is C18H16N6. The van der Waals surface area contributed by atoms with Gasteiger partial charge in [-0.25, -0.2) is 0 Å². The van der Waals surface area contributed by atoms with E-state index in [2.05, 4.69) is 28.1 Å². The number of aromatic nitrogens is 1. The third-order valence-corrected chi connectivity index (χ3v) is 5.02. The summed E-state index contributed by atoms with van der Waals surface area (Å²) >= 11 is 0. The van der Waals surface area contributed by atoms with Gasteiger partial charge in [0, 0.05) is 37.3 Å². The molecule has 1 fully saturated rings. The molecule has 1 aliphatic carbocycles. The minimum atomic E-state index is -1.65. The van der Waals surface area contributed by atoms with E-state index >= 15 is 0 Å². The third-order valence-electron chi connectivity index (χ3n) is 5.02. The molecule has 0 aromatic carbocycles. The molecule has 1 N–H and O–H groups in total. The molecule has 2 aliphatic rings. The van der Waals surface area contributed by atoms with Gasteiger partial charge in [0.05, 0.1) is 23.9 Å².